The lowest BCUT2D eigenvalue weighted by molar-refractivity contribution is 0.0677. The molecule has 2 unspecified atom stereocenters. The second-order valence-corrected chi connectivity index (χ2v) is 12.4. The van der Waals surface area contributed by atoms with Crippen LogP contribution < -0.4 is 5.32 Å². The highest BCUT2D eigenvalue weighted by molar-refractivity contribution is 7.88. The average Bonchev–Trinajstić information content (AvgIpc) is 3.48. The van der Waals surface area contributed by atoms with Gasteiger partial charge in [0, 0.05) is 37.0 Å². The van der Waals surface area contributed by atoms with E-state index in [1.165, 1.54) is 18.3 Å². The van der Waals surface area contributed by atoms with Crippen molar-refractivity contribution in [3.63, 3.8) is 0 Å². The molecule has 1 aromatic carbocycles. The number of carbonyl (C=O) groups excluding carboxylic acids is 2. The fourth-order valence-corrected chi connectivity index (χ4v) is 6.59. The van der Waals surface area contributed by atoms with Crippen LogP contribution >= 0.6 is 11.6 Å². The monoisotopic (exact) mass is 526 g/mol. The molecule has 190 valence electrons. The van der Waals surface area contributed by atoms with Crippen LogP contribution in [0, 0.1) is 5.82 Å². The Morgan fingerprint density at radius 1 is 1.37 bits per heavy atom. The summed E-state index contributed by atoms with van der Waals surface area (Å²) in [5.41, 5.74) is 0.792. The van der Waals surface area contributed by atoms with Crippen LogP contribution in [0.1, 0.15) is 53.4 Å². The minimum Gasteiger partial charge on any atom is -0.394 e. The van der Waals surface area contributed by atoms with Gasteiger partial charge in [-0.05, 0) is 44.4 Å². The molecule has 1 saturated carbocycles. The summed E-state index contributed by atoms with van der Waals surface area (Å²) in [6.45, 7) is 3.79. The Kier molecular flexibility index (Phi) is 7.07. The fourth-order valence-electron chi connectivity index (χ4n) is 4.29. The van der Waals surface area contributed by atoms with Crippen molar-refractivity contribution in [2.24, 2.45) is 0 Å². The highest BCUT2D eigenvalue weighted by atomic mass is 35.5. The van der Waals surface area contributed by atoms with Crippen molar-refractivity contribution in [3.05, 3.63) is 52.3 Å². The number of imidazole rings is 1. The van der Waals surface area contributed by atoms with Crippen molar-refractivity contribution in [1.82, 2.24) is 19.8 Å². The van der Waals surface area contributed by atoms with Crippen molar-refractivity contribution in [3.8, 4) is 0 Å². The first kappa shape index (κ1) is 25.7. The van der Waals surface area contributed by atoms with Gasteiger partial charge >= 0.3 is 0 Å². The Morgan fingerprint density at radius 3 is 2.71 bits per heavy atom. The molecule has 0 bridgehead atoms. The standard InChI is InChI=1S/C23H28ClFN4O5S/c1-22(2,18(31)12-30)35(34)23(5-6-23)13-28-7-8-29-17(21(28)33)11-26-19(29)20(32)27-10-14-3-4-15(24)16(25)9-14/h3-4,9,11,18,30-31H,5-8,10,12-13H2,1-2H3,(H,27,32). The highest BCUT2D eigenvalue weighted by Gasteiger charge is 2.56. The molecule has 1 fully saturated rings. The number of amides is 2. The summed E-state index contributed by atoms with van der Waals surface area (Å²) in [7, 11) is -1.49. The van der Waals surface area contributed by atoms with E-state index in [0.29, 0.717) is 31.5 Å². The molecule has 35 heavy (non-hydrogen) atoms. The summed E-state index contributed by atoms with van der Waals surface area (Å²) in [5, 5.41) is 22.1. The maximum atomic E-state index is 13.6. The molecule has 0 spiro atoms. The van der Waals surface area contributed by atoms with Crippen LogP contribution in [0.15, 0.2) is 24.4 Å². The van der Waals surface area contributed by atoms with E-state index in [1.54, 1.807) is 29.4 Å². The van der Waals surface area contributed by atoms with Crippen molar-refractivity contribution in [2.75, 3.05) is 19.7 Å². The lowest BCUT2D eigenvalue weighted by Gasteiger charge is -2.36. The largest absolute Gasteiger partial charge is 0.394 e. The number of carbonyl (C=O) groups is 2. The van der Waals surface area contributed by atoms with Crippen LogP contribution in [0.25, 0.3) is 0 Å². The summed E-state index contributed by atoms with van der Waals surface area (Å²) in [5.74, 6) is -1.30. The Labute approximate surface area is 209 Å². The number of hydrogen-bond acceptors (Lipinski definition) is 6. The molecule has 4 rings (SSSR count). The molecule has 0 saturated heterocycles. The predicted octanol–water partition coefficient (Wildman–Crippen LogP) is 1.47. The van der Waals surface area contributed by atoms with Gasteiger partial charge in [0.05, 0.1) is 33.4 Å². The lowest BCUT2D eigenvalue weighted by atomic mass is 10.1. The lowest BCUT2D eigenvalue weighted by Crippen LogP contribution is -2.52. The van der Waals surface area contributed by atoms with Gasteiger partial charge < -0.3 is 25.0 Å². The third kappa shape index (κ3) is 4.87. The van der Waals surface area contributed by atoms with Crippen molar-refractivity contribution in [2.45, 2.75) is 55.4 Å². The predicted molar refractivity (Wildman–Crippen MR) is 128 cm³/mol. The van der Waals surface area contributed by atoms with Gasteiger partial charge in [0.25, 0.3) is 11.8 Å². The van der Waals surface area contributed by atoms with E-state index in [-0.39, 0.29) is 35.5 Å². The van der Waals surface area contributed by atoms with Gasteiger partial charge in [-0.25, -0.2) is 9.37 Å². The van der Waals surface area contributed by atoms with E-state index < -0.39 is 44.7 Å². The first-order valence-corrected chi connectivity index (χ1v) is 12.8. The number of nitrogens with zero attached hydrogens (tertiary/aromatic N) is 3. The molecule has 12 heteroatoms. The van der Waals surface area contributed by atoms with Crippen LogP contribution in [0.4, 0.5) is 4.39 Å². The van der Waals surface area contributed by atoms with Crippen molar-refractivity contribution in [1.29, 1.82) is 0 Å². The topological polar surface area (TPSA) is 125 Å². The minimum atomic E-state index is -1.49. The van der Waals surface area contributed by atoms with E-state index in [2.05, 4.69) is 10.3 Å². The molecule has 2 atom stereocenters. The molecule has 9 nitrogen and oxygen atoms in total. The third-order valence-corrected chi connectivity index (χ3v) is 9.59. The second kappa shape index (κ2) is 9.61. The van der Waals surface area contributed by atoms with Gasteiger partial charge in [-0.3, -0.25) is 13.8 Å². The normalized spacial score (nSPS) is 18.7. The van der Waals surface area contributed by atoms with E-state index >= 15 is 0 Å². The molecule has 1 aromatic heterocycles. The van der Waals surface area contributed by atoms with Crippen LogP contribution in [-0.4, -0.2) is 76.0 Å². The highest BCUT2D eigenvalue weighted by Crippen LogP contribution is 2.47. The maximum absolute atomic E-state index is 13.6. The molecule has 1 aliphatic carbocycles. The Morgan fingerprint density at radius 2 is 2.09 bits per heavy atom. The van der Waals surface area contributed by atoms with E-state index in [9.17, 15) is 28.4 Å². The Balaban J connectivity index is 1.43. The van der Waals surface area contributed by atoms with Crippen molar-refractivity contribution >= 4 is 34.2 Å². The van der Waals surface area contributed by atoms with E-state index in [0.717, 1.165) is 0 Å². The summed E-state index contributed by atoms with van der Waals surface area (Å²) >= 11 is 5.68. The summed E-state index contributed by atoms with van der Waals surface area (Å²) in [6.07, 6.45) is 1.53. The smallest absolute Gasteiger partial charge is 0.287 e. The summed E-state index contributed by atoms with van der Waals surface area (Å²) in [6, 6.07) is 4.25. The van der Waals surface area contributed by atoms with Gasteiger partial charge in [-0.2, -0.15) is 0 Å². The first-order chi connectivity index (χ1) is 16.5. The zero-order chi connectivity index (χ0) is 25.5. The zero-order valence-corrected chi connectivity index (χ0v) is 21.0. The number of benzene rings is 1. The molecule has 0 radical (unpaired) electrons. The van der Waals surface area contributed by atoms with Crippen LogP contribution in [0.2, 0.25) is 5.02 Å². The number of rotatable bonds is 9. The number of hydrogen-bond donors (Lipinski definition) is 3. The van der Waals surface area contributed by atoms with Gasteiger partial charge in [0.1, 0.15) is 11.5 Å². The van der Waals surface area contributed by atoms with Gasteiger partial charge in [-0.15, -0.1) is 0 Å². The molecule has 2 aliphatic rings. The Hall–Kier alpha value is -2.34. The number of aliphatic hydroxyl groups is 2. The third-order valence-electron chi connectivity index (χ3n) is 6.73. The molecule has 1 aliphatic heterocycles. The molecular formula is C23H28ClFN4O5S. The van der Waals surface area contributed by atoms with Crippen LogP contribution in [-0.2, 0) is 23.9 Å². The van der Waals surface area contributed by atoms with Crippen LogP contribution in [0.5, 0.6) is 0 Å². The zero-order valence-electron chi connectivity index (χ0n) is 19.5. The van der Waals surface area contributed by atoms with Crippen LogP contribution in [0.3, 0.4) is 0 Å². The molecule has 2 aromatic rings. The van der Waals surface area contributed by atoms with Gasteiger partial charge in [0.2, 0.25) is 0 Å². The summed E-state index contributed by atoms with van der Waals surface area (Å²) < 4.78 is 26.8. The summed E-state index contributed by atoms with van der Waals surface area (Å²) in [4.78, 5) is 31.6. The maximum Gasteiger partial charge on any atom is 0.287 e. The van der Waals surface area contributed by atoms with E-state index in [1.807, 2.05) is 0 Å². The van der Waals surface area contributed by atoms with Gasteiger partial charge in [0.15, 0.2) is 5.82 Å². The fraction of sp³-hybridized carbons (Fsp3) is 0.522. The minimum absolute atomic E-state index is 0.00424. The number of aliphatic hydroxyl groups excluding tert-OH is 2. The SMILES string of the molecule is CC(C)(C(O)CO)S(=O)C1(CN2CCn3c(cnc3C(=O)NCc3ccc(Cl)c(F)c3)C2=O)CC1. The molecule has 2 amide bonds. The average molecular weight is 527 g/mol. The Bertz CT molecular complexity index is 1180. The number of halogens is 2. The molecule has 3 N–H and O–H groups in total. The quantitative estimate of drug-likeness (QED) is 0.454. The number of fused-ring (bicyclic) bond motifs is 1. The van der Waals surface area contributed by atoms with Gasteiger partial charge in [-0.1, -0.05) is 17.7 Å². The molecular weight excluding hydrogens is 499 g/mol. The van der Waals surface area contributed by atoms with Crippen molar-refractivity contribution < 1.29 is 28.4 Å². The second-order valence-electron chi connectivity index (χ2n) is 9.53. The number of aromatic nitrogens is 2. The molecule has 2 heterocycles. The number of nitrogens with one attached hydrogen (secondary N) is 1. The van der Waals surface area contributed by atoms with E-state index in [4.69, 9.17) is 11.6 Å². The first-order valence-electron chi connectivity index (χ1n) is 11.3.